The fraction of sp³-hybridized carbons (Fsp3) is 0.100. The topological polar surface area (TPSA) is 78.0 Å². The molecule has 0 unspecified atom stereocenters. The first-order valence-electron chi connectivity index (χ1n) is 4.75. The second-order valence-corrected chi connectivity index (χ2v) is 5.48. The lowest BCUT2D eigenvalue weighted by molar-refractivity contribution is 0.594. The third-order valence-electron chi connectivity index (χ3n) is 2.21. The van der Waals surface area contributed by atoms with Crippen LogP contribution in [0, 0.1) is 0 Å². The van der Waals surface area contributed by atoms with Crippen molar-refractivity contribution in [2.75, 3.05) is 0 Å². The van der Waals surface area contributed by atoms with E-state index >= 15 is 0 Å². The average molecular weight is 272 g/mol. The third-order valence-corrected chi connectivity index (χ3v) is 3.42. The third kappa shape index (κ3) is 2.85. The molecule has 0 aliphatic heterocycles. The minimum Gasteiger partial charge on any atom is -0.267 e. The first-order valence-corrected chi connectivity index (χ1v) is 6.68. The van der Waals surface area contributed by atoms with Crippen LogP contribution >= 0.6 is 11.6 Å². The van der Waals surface area contributed by atoms with Crippen LogP contribution in [-0.4, -0.2) is 18.2 Å². The maximum Gasteiger partial charge on any atom is 0.238 e. The van der Waals surface area contributed by atoms with E-state index in [4.69, 9.17) is 16.7 Å². The maximum atomic E-state index is 11.4. The fourth-order valence-electron chi connectivity index (χ4n) is 1.51. The van der Waals surface area contributed by atoms with Crippen molar-refractivity contribution < 1.29 is 8.42 Å². The zero-order valence-corrected chi connectivity index (χ0v) is 10.3. The Kier molecular flexibility index (Phi) is 3.19. The van der Waals surface area contributed by atoms with Gasteiger partial charge >= 0.3 is 0 Å². The number of rotatable bonds is 3. The number of benzene rings is 1. The number of aromatic nitrogens is 2. The van der Waals surface area contributed by atoms with E-state index in [1.54, 1.807) is 29.1 Å². The minimum atomic E-state index is -3.72. The van der Waals surface area contributed by atoms with Crippen LogP contribution in [0.4, 0.5) is 0 Å². The van der Waals surface area contributed by atoms with Gasteiger partial charge in [0.15, 0.2) is 0 Å². The Morgan fingerprint density at radius 1 is 1.35 bits per heavy atom. The molecule has 2 N–H and O–H groups in total. The molecule has 0 fully saturated rings. The molecule has 1 aromatic carbocycles. The standard InChI is InChI=1S/C10H10ClN3O2S/c11-9-5-13-14(7-9)6-8-3-1-2-4-10(8)17(12,15)16/h1-5,7H,6H2,(H2,12,15,16). The van der Waals surface area contributed by atoms with Gasteiger partial charge in [0, 0.05) is 6.20 Å². The van der Waals surface area contributed by atoms with Crippen LogP contribution in [0.3, 0.4) is 0 Å². The smallest absolute Gasteiger partial charge is 0.238 e. The summed E-state index contributed by atoms with van der Waals surface area (Å²) in [6, 6.07) is 6.53. The summed E-state index contributed by atoms with van der Waals surface area (Å²) in [7, 11) is -3.72. The predicted molar refractivity (Wildman–Crippen MR) is 64.2 cm³/mol. The minimum absolute atomic E-state index is 0.103. The summed E-state index contributed by atoms with van der Waals surface area (Å²) in [6.45, 7) is 0.305. The van der Waals surface area contributed by atoms with E-state index in [1.165, 1.54) is 12.3 Å². The van der Waals surface area contributed by atoms with E-state index < -0.39 is 10.0 Å². The molecule has 0 saturated carbocycles. The predicted octanol–water partition coefficient (Wildman–Crippen LogP) is 1.23. The zero-order valence-electron chi connectivity index (χ0n) is 8.75. The first-order chi connectivity index (χ1) is 7.97. The summed E-state index contributed by atoms with van der Waals surface area (Å²) in [6.07, 6.45) is 3.10. The number of primary sulfonamides is 1. The van der Waals surface area contributed by atoms with E-state index in [0.29, 0.717) is 17.1 Å². The van der Waals surface area contributed by atoms with Crippen molar-refractivity contribution in [3.63, 3.8) is 0 Å². The molecule has 17 heavy (non-hydrogen) atoms. The zero-order chi connectivity index (χ0) is 12.5. The Labute approximate surface area is 104 Å². The van der Waals surface area contributed by atoms with Crippen molar-refractivity contribution in [3.05, 3.63) is 47.2 Å². The van der Waals surface area contributed by atoms with Gasteiger partial charge in [0.25, 0.3) is 0 Å². The highest BCUT2D eigenvalue weighted by atomic mass is 35.5. The Morgan fingerprint density at radius 2 is 2.06 bits per heavy atom. The summed E-state index contributed by atoms with van der Waals surface area (Å²) in [5, 5.41) is 9.61. The van der Waals surface area contributed by atoms with E-state index in [0.717, 1.165) is 0 Å². The number of nitrogens with two attached hydrogens (primary N) is 1. The summed E-state index contributed by atoms with van der Waals surface area (Å²) in [5.41, 5.74) is 0.578. The largest absolute Gasteiger partial charge is 0.267 e. The number of halogens is 1. The normalized spacial score (nSPS) is 11.6. The highest BCUT2D eigenvalue weighted by Gasteiger charge is 2.13. The Bertz CT molecular complexity index is 637. The quantitative estimate of drug-likeness (QED) is 0.912. The SMILES string of the molecule is NS(=O)(=O)c1ccccc1Cn1cc(Cl)cn1. The molecule has 7 heteroatoms. The molecule has 1 heterocycles. The van der Waals surface area contributed by atoms with Crippen LogP contribution in [0.2, 0.25) is 5.02 Å². The highest BCUT2D eigenvalue weighted by molar-refractivity contribution is 7.89. The molecule has 0 amide bonds. The van der Waals surface area contributed by atoms with E-state index in [9.17, 15) is 8.42 Å². The van der Waals surface area contributed by atoms with Gasteiger partial charge < -0.3 is 0 Å². The van der Waals surface area contributed by atoms with Crippen molar-refractivity contribution in [1.82, 2.24) is 9.78 Å². The van der Waals surface area contributed by atoms with Gasteiger partial charge in [-0.2, -0.15) is 5.10 Å². The van der Waals surface area contributed by atoms with Crippen LogP contribution in [0.5, 0.6) is 0 Å². The molecular weight excluding hydrogens is 262 g/mol. The van der Waals surface area contributed by atoms with Gasteiger partial charge in [0.2, 0.25) is 10.0 Å². The summed E-state index contributed by atoms with van der Waals surface area (Å²) < 4.78 is 24.3. The van der Waals surface area contributed by atoms with Crippen LogP contribution in [0.25, 0.3) is 0 Å². The summed E-state index contributed by atoms with van der Waals surface area (Å²) in [5.74, 6) is 0. The Balaban J connectivity index is 2.40. The molecule has 1 aromatic heterocycles. The first kappa shape index (κ1) is 12.1. The molecule has 0 spiro atoms. The van der Waals surface area contributed by atoms with Crippen LogP contribution in [0.1, 0.15) is 5.56 Å². The van der Waals surface area contributed by atoms with Crippen molar-refractivity contribution >= 4 is 21.6 Å². The second-order valence-electron chi connectivity index (χ2n) is 3.51. The summed E-state index contributed by atoms with van der Waals surface area (Å²) >= 11 is 5.73. The molecule has 0 aliphatic rings. The van der Waals surface area contributed by atoms with Crippen LogP contribution in [-0.2, 0) is 16.6 Å². The van der Waals surface area contributed by atoms with Gasteiger partial charge in [0.1, 0.15) is 0 Å². The van der Waals surface area contributed by atoms with Crippen molar-refractivity contribution in [3.8, 4) is 0 Å². The lowest BCUT2D eigenvalue weighted by atomic mass is 10.2. The van der Waals surface area contributed by atoms with Crippen molar-refractivity contribution in [1.29, 1.82) is 0 Å². The lowest BCUT2D eigenvalue weighted by Gasteiger charge is -2.07. The molecule has 90 valence electrons. The van der Waals surface area contributed by atoms with E-state index in [2.05, 4.69) is 5.10 Å². The summed E-state index contributed by atoms with van der Waals surface area (Å²) in [4.78, 5) is 0.103. The number of sulfonamides is 1. The second kappa shape index (κ2) is 4.48. The van der Waals surface area contributed by atoms with Gasteiger partial charge in [-0.25, -0.2) is 13.6 Å². The Hall–Kier alpha value is -1.37. The van der Waals surface area contributed by atoms with Crippen molar-refractivity contribution in [2.45, 2.75) is 11.4 Å². The molecule has 5 nitrogen and oxygen atoms in total. The van der Waals surface area contributed by atoms with Crippen LogP contribution in [0.15, 0.2) is 41.6 Å². The van der Waals surface area contributed by atoms with Gasteiger partial charge in [-0.05, 0) is 11.6 Å². The van der Waals surface area contributed by atoms with Gasteiger partial charge in [0.05, 0.1) is 22.7 Å². The molecule has 0 aliphatic carbocycles. The van der Waals surface area contributed by atoms with E-state index in [-0.39, 0.29) is 4.90 Å². The molecule has 2 rings (SSSR count). The van der Waals surface area contributed by atoms with Gasteiger partial charge in [-0.15, -0.1) is 0 Å². The number of nitrogens with zero attached hydrogens (tertiary/aromatic N) is 2. The molecule has 0 atom stereocenters. The number of hydrogen-bond donors (Lipinski definition) is 1. The molecule has 0 saturated heterocycles. The maximum absolute atomic E-state index is 11.4. The van der Waals surface area contributed by atoms with Crippen molar-refractivity contribution in [2.24, 2.45) is 5.14 Å². The Morgan fingerprint density at radius 3 is 2.65 bits per heavy atom. The van der Waals surface area contributed by atoms with E-state index in [1.807, 2.05) is 0 Å². The lowest BCUT2D eigenvalue weighted by Crippen LogP contribution is -2.15. The number of hydrogen-bond acceptors (Lipinski definition) is 3. The highest BCUT2D eigenvalue weighted by Crippen LogP contribution is 2.15. The van der Waals surface area contributed by atoms with Gasteiger partial charge in [-0.1, -0.05) is 29.8 Å². The van der Waals surface area contributed by atoms with Crippen LogP contribution < -0.4 is 5.14 Å². The molecule has 0 bridgehead atoms. The average Bonchev–Trinajstić information content (AvgIpc) is 2.63. The molecular formula is C10H10ClN3O2S. The monoisotopic (exact) mass is 271 g/mol. The molecule has 2 aromatic rings. The fourth-order valence-corrected chi connectivity index (χ4v) is 2.43. The van der Waals surface area contributed by atoms with Gasteiger partial charge in [-0.3, -0.25) is 4.68 Å². The molecule has 0 radical (unpaired) electrons.